The third-order valence-electron chi connectivity index (χ3n) is 4.09. The van der Waals surface area contributed by atoms with E-state index in [4.69, 9.17) is 0 Å². The minimum atomic E-state index is -0.677. The van der Waals surface area contributed by atoms with Gasteiger partial charge in [0.1, 0.15) is 11.9 Å². The van der Waals surface area contributed by atoms with Gasteiger partial charge in [-0.2, -0.15) is 0 Å². The summed E-state index contributed by atoms with van der Waals surface area (Å²) >= 11 is 0. The lowest BCUT2D eigenvalue weighted by atomic mass is 10.1. The minimum absolute atomic E-state index is 0.00638. The van der Waals surface area contributed by atoms with Crippen molar-refractivity contribution in [2.75, 3.05) is 10.2 Å². The fourth-order valence-electron chi connectivity index (χ4n) is 2.66. The van der Waals surface area contributed by atoms with E-state index in [9.17, 15) is 14.0 Å². The smallest absolute Gasteiger partial charge is 0.256 e. The normalized spacial score (nSPS) is 17.7. The third-order valence-corrected chi connectivity index (χ3v) is 4.09. The molecule has 5 heteroatoms. The molecule has 0 aliphatic carbocycles. The standard InChI is InChI=1S/C18H17FN2O2/c1-11-7-8-13(9-12(11)2)20-15-10-17(22)21(18(15)23)16-6-4-3-5-14(16)19/h3-9,15,20H,10H2,1-2H3. The summed E-state index contributed by atoms with van der Waals surface area (Å²) in [5.41, 5.74) is 3.02. The molecule has 0 spiro atoms. The van der Waals surface area contributed by atoms with Gasteiger partial charge in [0.2, 0.25) is 5.91 Å². The van der Waals surface area contributed by atoms with Crippen LogP contribution >= 0.6 is 0 Å². The van der Waals surface area contributed by atoms with E-state index in [1.807, 2.05) is 32.0 Å². The maximum atomic E-state index is 13.9. The van der Waals surface area contributed by atoms with Crippen LogP contribution in [0.3, 0.4) is 0 Å². The molecule has 2 aromatic carbocycles. The number of halogens is 1. The fraction of sp³-hybridized carbons (Fsp3) is 0.222. The zero-order chi connectivity index (χ0) is 16.6. The van der Waals surface area contributed by atoms with Crippen LogP contribution in [0.5, 0.6) is 0 Å². The first-order valence-corrected chi connectivity index (χ1v) is 7.42. The second-order valence-corrected chi connectivity index (χ2v) is 5.72. The number of anilines is 2. The largest absolute Gasteiger partial charge is 0.373 e. The molecule has 1 fully saturated rings. The number of hydrogen-bond acceptors (Lipinski definition) is 3. The highest BCUT2D eigenvalue weighted by molar-refractivity contribution is 6.23. The Morgan fingerprint density at radius 1 is 1.09 bits per heavy atom. The van der Waals surface area contributed by atoms with Gasteiger partial charge in [0.15, 0.2) is 0 Å². The highest BCUT2D eigenvalue weighted by Gasteiger charge is 2.40. The van der Waals surface area contributed by atoms with E-state index >= 15 is 0 Å². The second kappa shape index (κ2) is 5.83. The number of benzene rings is 2. The molecule has 118 valence electrons. The number of nitrogens with one attached hydrogen (secondary N) is 1. The van der Waals surface area contributed by atoms with Gasteiger partial charge < -0.3 is 5.32 Å². The van der Waals surface area contributed by atoms with Gasteiger partial charge in [0, 0.05) is 5.69 Å². The van der Waals surface area contributed by atoms with Crippen LogP contribution in [0.4, 0.5) is 15.8 Å². The molecule has 1 aliphatic heterocycles. The second-order valence-electron chi connectivity index (χ2n) is 5.72. The van der Waals surface area contributed by atoms with E-state index in [0.29, 0.717) is 0 Å². The van der Waals surface area contributed by atoms with Gasteiger partial charge in [0.25, 0.3) is 5.91 Å². The summed E-state index contributed by atoms with van der Waals surface area (Å²) in [6.45, 7) is 3.98. The first kappa shape index (κ1) is 15.2. The first-order chi connectivity index (χ1) is 11.0. The SMILES string of the molecule is Cc1ccc(NC2CC(=O)N(c3ccccc3F)C2=O)cc1C. The van der Waals surface area contributed by atoms with Gasteiger partial charge in [-0.1, -0.05) is 18.2 Å². The number of carbonyl (C=O) groups excluding carboxylic acids is 2. The van der Waals surface area contributed by atoms with Crippen LogP contribution in [0.25, 0.3) is 0 Å². The predicted octanol–water partition coefficient (Wildman–Crippen LogP) is 3.19. The van der Waals surface area contributed by atoms with Crippen molar-refractivity contribution in [3.05, 3.63) is 59.4 Å². The molecule has 0 bridgehead atoms. The molecule has 2 aromatic rings. The molecule has 1 N–H and O–H groups in total. The number of nitrogens with zero attached hydrogens (tertiary/aromatic N) is 1. The molecule has 1 heterocycles. The van der Waals surface area contributed by atoms with Gasteiger partial charge in [-0.3, -0.25) is 9.59 Å². The number of hydrogen-bond donors (Lipinski definition) is 1. The Kier molecular flexibility index (Phi) is 3.86. The van der Waals surface area contributed by atoms with Crippen LogP contribution in [0.1, 0.15) is 17.5 Å². The van der Waals surface area contributed by atoms with Crippen molar-refractivity contribution >= 4 is 23.2 Å². The molecule has 4 nitrogen and oxygen atoms in total. The topological polar surface area (TPSA) is 49.4 Å². The zero-order valence-electron chi connectivity index (χ0n) is 13.0. The Labute approximate surface area is 133 Å². The number of carbonyl (C=O) groups is 2. The lowest BCUT2D eigenvalue weighted by Gasteiger charge is -2.17. The lowest BCUT2D eigenvalue weighted by molar-refractivity contribution is -0.121. The maximum Gasteiger partial charge on any atom is 0.256 e. The van der Waals surface area contributed by atoms with Gasteiger partial charge in [0.05, 0.1) is 12.1 Å². The van der Waals surface area contributed by atoms with Crippen LogP contribution in [0.2, 0.25) is 0 Å². The van der Waals surface area contributed by atoms with Crippen molar-refractivity contribution in [2.24, 2.45) is 0 Å². The van der Waals surface area contributed by atoms with E-state index in [-0.39, 0.29) is 12.1 Å². The van der Waals surface area contributed by atoms with Crippen LogP contribution in [0, 0.1) is 19.7 Å². The minimum Gasteiger partial charge on any atom is -0.373 e. The molecule has 1 atom stereocenters. The Morgan fingerprint density at radius 3 is 2.52 bits per heavy atom. The van der Waals surface area contributed by atoms with Crippen molar-refractivity contribution in [2.45, 2.75) is 26.3 Å². The van der Waals surface area contributed by atoms with Crippen LogP contribution in [0.15, 0.2) is 42.5 Å². The molecule has 1 unspecified atom stereocenters. The van der Waals surface area contributed by atoms with Crippen LogP contribution in [-0.4, -0.2) is 17.9 Å². The number of imide groups is 1. The summed E-state index contributed by atoms with van der Waals surface area (Å²) in [4.78, 5) is 25.6. The van der Waals surface area contributed by atoms with E-state index in [0.717, 1.165) is 21.7 Å². The molecular weight excluding hydrogens is 295 g/mol. The third kappa shape index (κ3) is 2.82. The number of para-hydroxylation sites is 1. The zero-order valence-corrected chi connectivity index (χ0v) is 13.0. The average Bonchev–Trinajstić information content (AvgIpc) is 2.78. The molecule has 3 rings (SSSR count). The summed E-state index contributed by atoms with van der Waals surface area (Å²) in [5, 5.41) is 3.07. The highest BCUT2D eigenvalue weighted by atomic mass is 19.1. The summed E-state index contributed by atoms with van der Waals surface area (Å²) in [5.74, 6) is -1.42. The average molecular weight is 312 g/mol. The van der Waals surface area contributed by atoms with Gasteiger partial charge in [-0.05, 0) is 49.2 Å². The molecule has 0 saturated carbocycles. The Bertz CT molecular complexity index is 788. The van der Waals surface area contributed by atoms with E-state index < -0.39 is 23.7 Å². The van der Waals surface area contributed by atoms with Crippen molar-refractivity contribution in [3.63, 3.8) is 0 Å². The van der Waals surface area contributed by atoms with E-state index in [1.54, 1.807) is 6.07 Å². The summed E-state index contributed by atoms with van der Waals surface area (Å²) < 4.78 is 13.9. The van der Waals surface area contributed by atoms with Crippen molar-refractivity contribution in [3.8, 4) is 0 Å². The molecule has 0 radical (unpaired) electrons. The highest BCUT2D eigenvalue weighted by Crippen LogP contribution is 2.27. The van der Waals surface area contributed by atoms with Crippen LogP contribution in [-0.2, 0) is 9.59 Å². The van der Waals surface area contributed by atoms with Crippen molar-refractivity contribution in [1.29, 1.82) is 0 Å². The quantitative estimate of drug-likeness (QED) is 0.886. The van der Waals surface area contributed by atoms with Gasteiger partial charge in [-0.25, -0.2) is 9.29 Å². The molecule has 1 saturated heterocycles. The van der Waals surface area contributed by atoms with Crippen molar-refractivity contribution in [1.82, 2.24) is 0 Å². The maximum absolute atomic E-state index is 13.9. The predicted molar refractivity (Wildman–Crippen MR) is 86.8 cm³/mol. The van der Waals surface area contributed by atoms with E-state index in [2.05, 4.69) is 5.32 Å². The van der Waals surface area contributed by atoms with Crippen LogP contribution < -0.4 is 10.2 Å². The molecule has 0 aromatic heterocycles. The number of rotatable bonds is 3. The molecular formula is C18H17FN2O2. The summed E-state index contributed by atoms with van der Waals surface area (Å²) in [6, 6.07) is 10.9. The summed E-state index contributed by atoms with van der Waals surface area (Å²) in [7, 11) is 0. The summed E-state index contributed by atoms with van der Waals surface area (Å²) in [6.07, 6.45) is 0.0140. The molecule has 2 amide bonds. The fourth-order valence-corrected chi connectivity index (χ4v) is 2.66. The van der Waals surface area contributed by atoms with Crippen molar-refractivity contribution < 1.29 is 14.0 Å². The van der Waals surface area contributed by atoms with Gasteiger partial charge >= 0.3 is 0 Å². The Balaban J connectivity index is 1.84. The Hall–Kier alpha value is -2.69. The Morgan fingerprint density at radius 2 is 1.83 bits per heavy atom. The monoisotopic (exact) mass is 312 g/mol. The number of amides is 2. The van der Waals surface area contributed by atoms with E-state index in [1.165, 1.54) is 18.2 Å². The number of aryl methyl sites for hydroxylation is 2. The van der Waals surface area contributed by atoms with Gasteiger partial charge in [-0.15, -0.1) is 0 Å². The molecule has 23 heavy (non-hydrogen) atoms. The molecule has 1 aliphatic rings. The first-order valence-electron chi connectivity index (χ1n) is 7.42. The lowest BCUT2D eigenvalue weighted by Crippen LogP contribution is -2.35.